The predicted molar refractivity (Wildman–Crippen MR) is 105 cm³/mol. The van der Waals surface area contributed by atoms with E-state index in [4.69, 9.17) is 25.9 Å². The van der Waals surface area contributed by atoms with Gasteiger partial charge in [0.2, 0.25) is 5.95 Å². The number of ether oxygens (including phenoxy) is 2. The topological polar surface area (TPSA) is 138 Å². The molecule has 0 aromatic carbocycles. The molecule has 28 heavy (non-hydrogen) atoms. The van der Waals surface area contributed by atoms with Crippen LogP contribution in [0.25, 0.3) is 22.6 Å². The van der Waals surface area contributed by atoms with Gasteiger partial charge in [0.05, 0.1) is 37.8 Å². The Kier molecular flexibility index (Phi) is 4.85. The maximum absolute atomic E-state index is 6.04. The maximum atomic E-state index is 6.04. The van der Waals surface area contributed by atoms with Gasteiger partial charge in [0.1, 0.15) is 17.4 Å². The number of aromatic nitrogens is 5. The predicted octanol–water partition coefficient (Wildman–Crippen LogP) is 1.01. The third-order valence-electron chi connectivity index (χ3n) is 4.37. The number of nitrogen functional groups attached to an aromatic ring is 2. The van der Waals surface area contributed by atoms with Crippen LogP contribution in [0.1, 0.15) is 0 Å². The molecule has 3 aromatic rings. The van der Waals surface area contributed by atoms with E-state index in [1.165, 1.54) is 6.20 Å². The molecule has 1 fully saturated rings. The number of anilines is 3. The molecule has 144 valence electrons. The molecule has 3 aromatic heterocycles. The third kappa shape index (κ3) is 3.62. The van der Waals surface area contributed by atoms with Gasteiger partial charge in [-0.25, -0.2) is 15.0 Å². The van der Waals surface area contributed by atoms with E-state index in [0.717, 1.165) is 24.5 Å². The number of methoxy groups -OCH3 is 1. The summed E-state index contributed by atoms with van der Waals surface area (Å²) >= 11 is 0. The van der Waals surface area contributed by atoms with E-state index in [-0.39, 0.29) is 11.8 Å². The molecule has 0 aliphatic carbocycles. The van der Waals surface area contributed by atoms with Crippen molar-refractivity contribution in [3.8, 4) is 28.4 Å². The molecular weight excluding hydrogens is 360 g/mol. The van der Waals surface area contributed by atoms with Gasteiger partial charge >= 0.3 is 0 Å². The zero-order valence-corrected chi connectivity index (χ0v) is 15.4. The molecule has 1 aliphatic heterocycles. The van der Waals surface area contributed by atoms with Crippen molar-refractivity contribution in [2.24, 2.45) is 0 Å². The number of hydrogen-bond acceptors (Lipinski definition) is 10. The van der Waals surface area contributed by atoms with E-state index in [9.17, 15) is 0 Å². The van der Waals surface area contributed by atoms with Crippen molar-refractivity contribution in [1.29, 1.82) is 0 Å². The molecule has 1 aliphatic rings. The second-order valence-electron chi connectivity index (χ2n) is 6.17. The minimum absolute atomic E-state index is 0.0998. The average molecular weight is 380 g/mol. The van der Waals surface area contributed by atoms with E-state index in [1.54, 1.807) is 19.5 Å². The molecule has 1 saturated heterocycles. The smallest absolute Gasteiger partial charge is 0.221 e. The van der Waals surface area contributed by atoms with Crippen molar-refractivity contribution in [1.82, 2.24) is 24.9 Å². The molecular formula is C18H20N8O2. The highest BCUT2D eigenvalue weighted by Gasteiger charge is 2.18. The molecule has 0 saturated carbocycles. The lowest BCUT2D eigenvalue weighted by atomic mass is 10.1. The molecule has 4 rings (SSSR count). The van der Waals surface area contributed by atoms with Crippen LogP contribution in [-0.4, -0.2) is 58.3 Å². The van der Waals surface area contributed by atoms with Gasteiger partial charge < -0.3 is 25.8 Å². The number of nitrogens with zero attached hydrogens (tertiary/aromatic N) is 6. The Morgan fingerprint density at radius 2 is 1.86 bits per heavy atom. The third-order valence-corrected chi connectivity index (χ3v) is 4.37. The quantitative estimate of drug-likeness (QED) is 0.674. The highest BCUT2D eigenvalue weighted by molar-refractivity contribution is 5.73. The largest absolute Gasteiger partial charge is 0.495 e. The minimum Gasteiger partial charge on any atom is -0.495 e. The average Bonchev–Trinajstić information content (AvgIpc) is 2.74. The fourth-order valence-electron chi connectivity index (χ4n) is 2.91. The Bertz CT molecular complexity index is 991. The lowest BCUT2D eigenvalue weighted by molar-refractivity contribution is 0.122. The molecule has 0 unspecified atom stereocenters. The molecule has 0 atom stereocenters. The molecule has 0 amide bonds. The monoisotopic (exact) mass is 380 g/mol. The van der Waals surface area contributed by atoms with Crippen molar-refractivity contribution in [3.63, 3.8) is 0 Å². The van der Waals surface area contributed by atoms with Crippen LogP contribution in [0.15, 0.2) is 30.7 Å². The molecule has 4 N–H and O–H groups in total. The van der Waals surface area contributed by atoms with E-state index in [1.807, 2.05) is 12.1 Å². The van der Waals surface area contributed by atoms with E-state index >= 15 is 0 Å². The highest BCUT2D eigenvalue weighted by atomic mass is 16.5. The summed E-state index contributed by atoms with van der Waals surface area (Å²) in [6.45, 7) is 2.75. The fraction of sp³-hybridized carbons (Fsp3) is 0.278. The normalized spacial score (nSPS) is 14.1. The summed E-state index contributed by atoms with van der Waals surface area (Å²) < 4.78 is 10.7. The number of rotatable bonds is 4. The molecule has 0 bridgehead atoms. The molecule has 0 radical (unpaired) electrons. The molecule has 4 heterocycles. The first-order chi connectivity index (χ1) is 13.6. The molecule has 10 heteroatoms. The fourth-order valence-corrected chi connectivity index (χ4v) is 2.91. The summed E-state index contributed by atoms with van der Waals surface area (Å²) in [6, 6.07) is 3.78. The molecule has 0 spiro atoms. The number of pyridine rings is 1. The van der Waals surface area contributed by atoms with E-state index in [0.29, 0.717) is 36.0 Å². The van der Waals surface area contributed by atoms with Crippen LogP contribution >= 0.6 is 0 Å². The van der Waals surface area contributed by atoms with Crippen LogP contribution in [0.5, 0.6) is 5.75 Å². The Balaban J connectivity index is 1.85. The second kappa shape index (κ2) is 7.61. The van der Waals surface area contributed by atoms with Gasteiger partial charge in [-0.1, -0.05) is 0 Å². The zero-order valence-electron chi connectivity index (χ0n) is 15.4. The highest BCUT2D eigenvalue weighted by Crippen LogP contribution is 2.29. The van der Waals surface area contributed by atoms with Crippen LogP contribution < -0.4 is 21.1 Å². The van der Waals surface area contributed by atoms with Crippen molar-refractivity contribution in [3.05, 3.63) is 30.7 Å². The number of morpholine rings is 1. The van der Waals surface area contributed by atoms with Crippen LogP contribution in [0.3, 0.4) is 0 Å². The Morgan fingerprint density at radius 3 is 2.61 bits per heavy atom. The zero-order chi connectivity index (χ0) is 19.5. The second-order valence-corrected chi connectivity index (χ2v) is 6.17. The summed E-state index contributed by atoms with van der Waals surface area (Å²) in [5.41, 5.74) is 13.7. The van der Waals surface area contributed by atoms with Gasteiger partial charge in [0.15, 0.2) is 5.82 Å². The lowest BCUT2D eigenvalue weighted by Crippen LogP contribution is -2.36. The standard InChI is InChI=1S/C18H20N8O2/c1-27-12-6-11(8-21-9-12)14-7-15(26-2-4-28-5-3-26)24-17(23-14)13-10-22-18(20)25-16(13)19/h6-10H,2-5H2,1H3,(H4,19,20,22,25). The molecule has 10 nitrogen and oxygen atoms in total. The van der Waals surface area contributed by atoms with Crippen LogP contribution in [0, 0.1) is 0 Å². The van der Waals surface area contributed by atoms with Gasteiger partial charge in [-0.15, -0.1) is 0 Å². The summed E-state index contributed by atoms with van der Waals surface area (Å²) in [6.07, 6.45) is 4.89. The Labute approximate surface area is 161 Å². The van der Waals surface area contributed by atoms with Crippen molar-refractivity contribution in [2.75, 3.05) is 49.8 Å². The van der Waals surface area contributed by atoms with Crippen LogP contribution in [-0.2, 0) is 4.74 Å². The lowest BCUT2D eigenvalue weighted by Gasteiger charge is -2.28. The van der Waals surface area contributed by atoms with Gasteiger partial charge in [-0.2, -0.15) is 4.98 Å². The van der Waals surface area contributed by atoms with Gasteiger partial charge in [0.25, 0.3) is 0 Å². The van der Waals surface area contributed by atoms with E-state index in [2.05, 4.69) is 24.8 Å². The Hall–Kier alpha value is -3.53. The van der Waals surface area contributed by atoms with Crippen molar-refractivity contribution in [2.45, 2.75) is 0 Å². The first-order valence-electron chi connectivity index (χ1n) is 8.73. The van der Waals surface area contributed by atoms with Crippen molar-refractivity contribution < 1.29 is 9.47 Å². The Morgan fingerprint density at radius 1 is 1.04 bits per heavy atom. The van der Waals surface area contributed by atoms with Crippen molar-refractivity contribution >= 4 is 17.6 Å². The first-order valence-corrected chi connectivity index (χ1v) is 8.73. The summed E-state index contributed by atoms with van der Waals surface area (Å²) in [7, 11) is 1.60. The first kappa shape index (κ1) is 17.9. The minimum atomic E-state index is 0.0998. The maximum Gasteiger partial charge on any atom is 0.221 e. The summed E-state index contributed by atoms with van der Waals surface area (Å²) in [4.78, 5) is 23.8. The van der Waals surface area contributed by atoms with Crippen LogP contribution in [0.4, 0.5) is 17.6 Å². The van der Waals surface area contributed by atoms with Gasteiger partial charge in [-0.3, -0.25) is 4.98 Å². The summed E-state index contributed by atoms with van der Waals surface area (Å²) in [5.74, 6) is 2.15. The SMILES string of the molecule is COc1cncc(-c2cc(N3CCOCC3)nc(-c3cnc(N)nc3N)n2)c1. The van der Waals surface area contributed by atoms with Gasteiger partial charge in [0, 0.05) is 37.1 Å². The summed E-state index contributed by atoms with van der Waals surface area (Å²) in [5, 5.41) is 0. The number of hydrogen-bond donors (Lipinski definition) is 2. The van der Waals surface area contributed by atoms with Gasteiger partial charge in [-0.05, 0) is 6.07 Å². The van der Waals surface area contributed by atoms with E-state index < -0.39 is 0 Å². The number of nitrogens with two attached hydrogens (primary N) is 2. The van der Waals surface area contributed by atoms with Crippen LogP contribution in [0.2, 0.25) is 0 Å².